The third-order valence-corrected chi connectivity index (χ3v) is 15.1. The van der Waals surface area contributed by atoms with Gasteiger partial charge in [-0.1, -0.05) is 200 Å². The van der Waals surface area contributed by atoms with Gasteiger partial charge in [-0.05, 0) is 42.5 Å². The molecule has 0 saturated heterocycles. The lowest BCUT2D eigenvalue weighted by atomic mass is 10.1. The molecule has 354 valence electrons. The molecule has 0 N–H and O–H groups in total. The van der Waals surface area contributed by atoms with Crippen molar-refractivity contribution in [2.75, 3.05) is 0 Å². The van der Waals surface area contributed by atoms with Crippen LogP contribution in [0.25, 0.3) is 145 Å². The molecular weight excluding hydrogens is 931 g/mol. The SMILES string of the molecule is c1ccc(-c2ccnc(-n3c4ccccc4c4ccc5c6ccc7c8ccc9c%10ccccc%10n(-c%10nc(-c%11ccccc%11)nc(-c%11ccccc%11)n%10)c9c8n(-c8ccccc8)c7c6n(-c6ccccc6)c5c43)n2)cc1. The van der Waals surface area contributed by atoms with Gasteiger partial charge in [-0.2, -0.15) is 9.97 Å². The summed E-state index contributed by atoms with van der Waals surface area (Å²) in [6.45, 7) is 0. The molecule has 0 aliphatic rings. The van der Waals surface area contributed by atoms with E-state index in [4.69, 9.17) is 24.9 Å². The summed E-state index contributed by atoms with van der Waals surface area (Å²) in [5, 5.41) is 8.90. The topological polar surface area (TPSA) is 84.2 Å². The van der Waals surface area contributed by atoms with Crippen LogP contribution in [0.5, 0.6) is 0 Å². The van der Waals surface area contributed by atoms with Gasteiger partial charge in [-0.3, -0.25) is 9.13 Å². The van der Waals surface area contributed by atoms with Crippen LogP contribution in [0, 0.1) is 0 Å². The zero-order valence-corrected chi connectivity index (χ0v) is 40.7. The molecule has 0 atom stereocenters. The van der Waals surface area contributed by atoms with E-state index in [2.05, 4.69) is 212 Å². The van der Waals surface area contributed by atoms with Gasteiger partial charge in [0.2, 0.25) is 11.9 Å². The molecule has 16 aromatic rings. The number of fused-ring (bicyclic) bond motifs is 15. The Balaban J connectivity index is 1.10. The van der Waals surface area contributed by atoms with E-state index in [0.29, 0.717) is 23.5 Å². The molecular formula is C67H41N9. The molecule has 0 aliphatic carbocycles. The predicted octanol–water partition coefficient (Wildman–Crippen LogP) is 16.1. The van der Waals surface area contributed by atoms with Crippen LogP contribution in [0.3, 0.4) is 0 Å². The van der Waals surface area contributed by atoms with Crippen LogP contribution in [0.4, 0.5) is 0 Å². The summed E-state index contributed by atoms with van der Waals surface area (Å²) < 4.78 is 9.51. The summed E-state index contributed by atoms with van der Waals surface area (Å²) in [4.78, 5) is 26.3. The van der Waals surface area contributed by atoms with Crippen LogP contribution >= 0.6 is 0 Å². The Bertz CT molecular complexity index is 4900. The van der Waals surface area contributed by atoms with Crippen molar-refractivity contribution in [3.63, 3.8) is 0 Å². The van der Waals surface area contributed by atoms with E-state index < -0.39 is 0 Å². The van der Waals surface area contributed by atoms with Crippen molar-refractivity contribution < 1.29 is 0 Å². The molecule has 9 heteroatoms. The molecule has 0 spiro atoms. The van der Waals surface area contributed by atoms with Crippen LogP contribution in [0.2, 0.25) is 0 Å². The molecule has 76 heavy (non-hydrogen) atoms. The minimum absolute atomic E-state index is 0.536. The Labute approximate surface area is 434 Å². The molecule has 0 aliphatic heterocycles. The second-order valence-electron chi connectivity index (χ2n) is 19.2. The fourth-order valence-electron chi connectivity index (χ4n) is 11.9. The third-order valence-electron chi connectivity index (χ3n) is 15.1. The number of aromatic nitrogens is 9. The van der Waals surface area contributed by atoms with Gasteiger partial charge in [-0.15, -0.1) is 0 Å². The smallest absolute Gasteiger partial charge is 0.238 e. The number of hydrogen-bond acceptors (Lipinski definition) is 5. The molecule has 0 bridgehead atoms. The minimum Gasteiger partial charge on any atom is -0.305 e. The standard InChI is InChI=1S/C67H41N9/c1-6-20-42(21-7-1)55-40-41-68-66(69-55)75-56-32-18-16-30-47(56)49-34-36-53-51-38-39-52-54-37-35-50-48-31-17-19-33-57(48)76(67-71-64(43-22-8-2-9-23-43)70-65(72-67)44-24-10-3-11-25-44)63(50)61(54)74(46-28-14-5-15-29-46)59(52)58(51)73(60(53)62(49)75)45-26-12-4-13-27-45/h1-41H. The van der Waals surface area contributed by atoms with E-state index in [9.17, 15) is 0 Å². The Kier molecular flexibility index (Phi) is 9.13. The van der Waals surface area contributed by atoms with Crippen molar-refractivity contribution in [3.05, 3.63) is 249 Å². The van der Waals surface area contributed by atoms with Crippen LogP contribution < -0.4 is 0 Å². The van der Waals surface area contributed by atoms with Crippen molar-refractivity contribution >= 4 is 87.2 Å². The number of hydrogen-bond donors (Lipinski definition) is 0. The summed E-state index contributed by atoms with van der Waals surface area (Å²) in [7, 11) is 0. The third kappa shape index (κ3) is 6.17. The molecule has 0 fully saturated rings. The van der Waals surface area contributed by atoms with Gasteiger partial charge in [0, 0.05) is 77.4 Å². The maximum absolute atomic E-state index is 5.39. The van der Waals surface area contributed by atoms with Gasteiger partial charge in [0.25, 0.3) is 0 Å². The molecule has 6 heterocycles. The highest BCUT2D eigenvalue weighted by Gasteiger charge is 2.28. The fourth-order valence-corrected chi connectivity index (χ4v) is 11.9. The average molecular weight is 972 g/mol. The van der Waals surface area contributed by atoms with E-state index in [1.54, 1.807) is 0 Å². The molecule has 0 radical (unpaired) electrons. The van der Waals surface area contributed by atoms with Gasteiger partial charge >= 0.3 is 0 Å². The second-order valence-corrected chi connectivity index (χ2v) is 19.2. The first-order chi connectivity index (χ1) is 37.7. The van der Waals surface area contributed by atoms with E-state index >= 15 is 0 Å². The average Bonchev–Trinajstić information content (AvgIpc) is 4.43. The molecule has 0 unspecified atom stereocenters. The van der Waals surface area contributed by atoms with Gasteiger partial charge < -0.3 is 9.13 Å². The van der Waals surface area contributed by atoms with Gasteiger partial charge in [0.1, 0.15) is 0 Å². The van der Waals surface area contributed by atoms with Crippen LogP contribution in [0.1, 0.15) is 0 Å². The summed E-state index contributed by atoms with van der Waals surface area (Å²) >= 11 is 0. The molecule has 16 rings (SSSR count). The highest BCUT2D eigenvalue weighted by atomic mass is 15.2. The Morgan fingerprint density at radius 3 is 1.01 bits per heavy atom. The van der Waals surface area contributed by atoms with Crippen molar-refractivity contribution in [2.45, 2.75) is 0 Å². The number of nitrogens with zero attached hydrogens (tertiary/aromatic N) is 9. The van der Waals surface area contributed by atoms with Crippen LogP contribution in [-0.4, -0.2) is 43.2 Å². The summed E-state index contributed by atoms with van der Waals surface area (Å²) in [5.74, 6) is 2.34. The summed E-state index contributed by atoms with van der Waals surface area (Å²) in [6.07, 6.45) is 1.88. The summed E-state index contributed by atoms with van der Waals surface area (Å²) in [5.41, 5.74) is 14.1. The Morgan fingerprint density at radius 1 is 0.237 bits per heavy atom. The maximum atomic E-state index is 5.39. The highest BCUT2D eigenvalue weighted by Crippen LogP contribution is 2.48. The number of para-hydroxylation sites is 4. The zero-order chi connectivity index (χ0) is 49.8. The van der Waals surface area contributed by atoms with Gasteiger partial charge in [0.15, 0.2) is 11.6 Å². The fraction of sp³-hybridized carbons (Fsp3) is 0. The van der Waals surface area contributed by atoms with Crippen molar-refractivity contribution in [1.29, 1.82) is 0 Å². The van der Waals surface area contributed by atoms with E-state index in [-0.39, 0.29) is 0 Å². The van der Waals surface area contributed by atoms with Gasteiger partial charge in [0.05, 0.1) is 49.8 Å². The summed E-state index contributed by atoms with van der Waals surface area (Å²) in [6, 6.07) is 85.4. The predicted molar refractivity (Wildman–Crippen MR) is 309 cm³/mol. The first kappa shape index (κ1) is 42.0. The largest absolute Gasteiger partial charge is 0.305 e. The lowest BCUT2D eigenvalue weighted by Gasteiger charge is -2.15. The molecule has 0 amide bonds. The Hall–Kier alpha value is -10.5. The van der Waals surface area contributed by atoms with E-state index in [0.717, 1.165) is 121 Å². The van der Waals surface area contributed by atoms with Crippen LogP contribution in [0.15, 0.2) is 249 Å². The lowest BCUT2D eigenvalue weighted by Crippen LogP contribution is -2.07. The molecule has 9 nitrogen and oxygen atoms in total. The van der Waals surface area contributed by atoms with Crippen LogP contribution in [-0.2, 0) is 0 Å². The maximum Gasteiger partial charge on any atom is 0.238 e. The highest BCUT2D eigenvalue weighted by molar-refractivity contribution is 6.31. The minimum atomic E-state index is 0.536. The van der Waals surface area contributed by atoms with Crippen molar-refractivity contribution in [1.82, 2.24) is 43.2 Å². The monoisotopic (exact) mass is 971 g/mol. The van der Waals surface area contributed by atoms with Crippen molar-refractivity contribution in [2.24, 2.45) is 0 Å². The molecule has 10 aromatic carbocycles. The first-order valence-electron chi connectivity index (χ1n) is 25.5. The number of benzene rings is 10. The van der Waals surface area contributed by atoms with Gasteiger partial charge in [-0.25, -0.2) is 15.0 Å². The molecule has 6 aromatic heterocycles. The first-order valence-corrected chi connectivity index (χ1v) is 25.5. The zero-order valence-electron chi connectivity index (χ0n) is 40.7. The quantitative estimate of drug-likeness (QED) is 0.159. The molecule has 0 saturated carbocycles. The van der Waals surface area contributed by atoms with E-state index in [1.807, 2.05) is 54.7 Å². The van der Waals surface area contributed by atoms with E-state index in [1.165, 1.54) is 0 Å². The second kappa shape index (κ2) is 16.5. The lowest BCUT2D eigenvalue weighted by molar-refractivity contribution is 0.953. The van der Waals surface area contributed by atoms with Crippen molar-refractivity contribution in [3.8, 4) is 57.3 Å². The Morgan fingerprint density at radius 2 is 0.579 bits per heavy atom. The normalized spacial score (nSPS) is 11.9. The number of rotatable bonds is 7.